The Bertz CT molecular complexity index is 1320. The predicted molar refractivity (Wildman–Crippen MR) is 131 cm³/mol. The van der Waals surface area contributed by atoms with Gasteiger partial charge in [0.05, 0.1) is 30.9 Å². The highest BCUT2D eigenvalue weighted by atomic mass is 35.5. The fourth-order valence-electron chi connectivity index (χ4n) is 4.08. The Morgan fingerprint density at radius 2 is 1.86 bits per heavy atom. The molecule has 3 aromatic carbocycles. The number of methoxy groups -OCH3 is 1. The van der Waals surface area contributed by atoms with Gasteiger partial charge in [0.1, 0.15) is 11.8 Å². The van der Waals surface area contributed by atoms with E-state index in [0.29, 0.717) is 34.0 Å². The van der Waals surface area contributed by atoms with E-state index in [1.165, 1.54) is 12.0 Å². The van der Waals surface area contributed by atoms with Gasteiger partial charge >= 0.3 is 0 Å². The van der Waals surface area contributed by atoms with Gasteiger partial charge in [0, 0.05) is 17.1 Å². The molecule has 1 aliphatic heterocycles. The number of hydrogen-bond donors (Lipinski definition) is 0. The highest BCUT2D eigenvalue weighted by Gasteiger charge is 2.44. The lowest BCUT2D eigenvalue weighted by Crippen LogP contribution is -2.46. The van der Waals surface area contributed by atoms with Gasteiger partial charge in [-0.25, -0.2) is 4.90 Å². The van der Waals surface area contributed by atoms with E-state index >= 15 is 0 Å². The summed E-state index contributed by atoms with van der Waals surface area (Å²) < 4.78 is 5.25. The van der Waals surface area contributed by atoms with Crippen LogP contribution >= 0.6 is 11.6 Å². The first-order valence-electron chi connectivity index (χ1n) is 11.0. The van der Waals surface area contributed by atoms with Crippen LogP contribution in [-0.4, -0.2) is 42.3 Å². The minimum atomic E-state index is -0.962. The molecule has 0 bridgehead atoms. The summed E-state index contributed by atoms with van der Waals surface area (Å²) in [6, 6.07) is 21.2. The molecule has 1 heterocycles. The number of hydrogen-bond acceptors (Lipinski definition) is 5. The van der Waals surface area contributed by atoms with Gasteiger partial charge in [0.25, 0.3) is 11.8 Å². The number of nitrogens with zero attached hydrogens (tertiary/aromatic N) is 3. The lowest BCUT2D eigenvalue weighted by Gasteiger charge is -2.28. The van der Waals surface area contributed by atoms with E-state index < -0.39 is 17.9 Å². The summed E-state index contributed by atoms with van der Waals surface area (Å²) in [5.41, 5.74) is 2.04. The Balaban J connectivity index is 1.65. The molecule has 0 aliphatic carbocycles. The van der Waals surface area contributed by atoms with Crippen molar-refractivity contribution in [2.75, 3.05) is 18.6 Å². The molecule has 0 N–H and O–H groups in total. The molecule has 1 fully saturated rings. The lowest BCUT2D eigenvalue weighted by atomic mass is 10.1. The summed E-state index contributed by atoms with van der Waals surface area (Å²) in [4.78, 5) is 42.5. The minimum absolute atomic E-state index is 0.135. The molecule has 1 saturated heterocycles. The average molecular weight is 488 g/mol. The van der Waals surface area contributed by atoms with E-state index in [2.05, 4.69) is 0 Å². The van der Waals surface area contributed by atoms with E-state index in [9.17, 15) is 14.4 Å². The second kappa shape index (κ2) is 10.4. The maximum atomic E-state index is 13.6. The Labute approximate surface area is 208 Å². The Kier molecular flexibility index (Phi) is 7.14. The maximum absolute atomic E-state index is 13.6. The number of benzene rings is 3. The summed E-state index contributed by atoms with van der Waals surface area (Å²) in [5, 5.41) is 9.61. The van der Waals surface area contributed by atoms with Gasteiger partial charge in [0.2, 0.25) is 5.91 Å². The molecule has 35 heavy (non-hydrogen) atoms. The average Bonchev–Trinajstić information content (AvgIpc) is 3.17. The Morgan fingerprint density at radius 3 is 2.54 bits per heavy atom. The van der Waals surface area contributed by atoms with Gasteiger partial charge in [-0.15, -0.1) is 0 Å². The van der Waals surface area contributed by atoms with Gasteiger partial charge < -0.3 is 9.64 Å². The number of imide groups is 1. The largest absolute Gasteiger partial charge is 0.497 e. The number of carbonyl (C=O) groups is 3. The number of halogens is 1. The van der Waals surface area contributed by atoms with Crippen LogP contribution in [0, 0.1) is 11.3 Å². The molecular formula is C27H22ClN3O4. The van der Waals surface area contributed by atoms with E-state index in [0.717, 1.165) is 10.5 Å². The molecule has 3 aromatic rings. The van der Waals surface area contributed by atoms with Crippen molar-refractivity contribution in [3.8, 4) is 11.8 Å². The maximum Gasteiger partial charge on any atom is 0.257 e. The van der Waals surface area contributed by atoms with Crippen LogP contribution < -0.4 is 9.64 Å². The first-order valence-corrected chi connectivity index (χ1v) is 11.4. The molecule has 1 atom stereocenters. The second-order valence-electron chi connectivity index (χ2n) is 8.06. The van der Waals surface area contributed by atoms with Gasteiger partial charge in [-0.1, -0.05) is 29.8 Å². The number of carbonyl (C=O) groups excluding carboxylic acids is 3. The molecule has 7 nitrogen and oxygen atoms in total. The van der Waals surface area contributed by atoms with Crippen LogP contribution in [0.1, 0.15) is 27.9 Å². The van der Waals surface area contributed by atoms with Gasteiger partial charge in [-0.3, -0.25) is 14.4 Å². The van der Waals surface area contributed by atoms with Crippen molar-refractivity contribution in [3.05, 3.63) is 94.5 Å². The van der Waals surface area contributed by atoms with E-state index in [1.54, 1.807) is 60.7 Å². The monoisotopic (exact) mass is 487 g/mol. The third-order valence-electron chi connectivity index (χ3n) is 5.86. The van der Waals surface area contributed by atoms with Crippen LogP contribution in [0.4, 0.5) is 5.69 Å². The second-order valence-corrected chi connectivity index (χ2v) is 8.49. The molecule has 4 rings (SSSR count). The van der Waals surface area contributed by atoms with Crippen molar-refractivity contribution < 1.29 is 19.1 Å². The van der Waals surface area contributed by atoms with Crippen LogP contribution in [0.2, 0.25) is 5.02 Å². The summed E-state index contributed by atoms with van der Waals surface area (Å²) in [6.07, 6.45) is 0.315. The summed E-state index contributed by atoms with van der Waals surface area (Å²) in [5.74, 6) is -0.754. The highest BCUT2D eigenvalue weighted by Crippen LogP contribution is 2.28. The molecule has 0 aromatic heterocycles. The number of amides is 3. The number of rotatable bonds is 7. The van der Waals surface area contributed by atoms with Crippen LogP contribution in [0.5, 0.6) is 5.75 Å². The quantitative estimate of drug-likeness (QED) is 0.465. The summed E-state index contributed by atoms with van der Waals surface area (Å²) >= 11 is 6.11. The zero-order valence-electron chi connectivity index (χ0n) is 19.0. The van der Waals surface area contributed by atoms with Crippen molar-refractivity contribution in [2.24, 2.45) is 0 Å². The molecule has 1 unspecified atom stereocenters. The van der Waals surface area contributed by atoms with Gasteiger partial charge in [-0.05, 0) is 66.6 Å². The van der Waals surface area contributed by atoms with E-state index in [-0.39, 0.29) is 18.9 Å². The lowest BCUT2D eigenvalue weighted by molar-refractivity contribution is -0.122. The molecule has 8 heteroatoms. The molecule has 0 spiro atoms. The molecule has 176 valence electrons. The summed E-state index contributed by atoms with van der Waals surface area (Å²) in [6.45, 7) is 0.210. The van der Waals surface area contributed by atoms with Gasteiger partial charge in [0.15, 0.2) is 0 Å². The minimum Gasteiger partial charge on any atom is -0.497 e. The zero-order chi connectivity index (χ0) is 24.9. The predicted octanol–water partition coefficient (Wildman–Crippen LogP) is 4.24. The van der Waals surface area contributed by atoms with Crippen LogP contribution in [0.3, 0.4) is 0 Å². The van der Waals surface area contributed by atoms with E-state index in [4.69, 9.17) is 21.6 Å². The standard InChI is InChI=1S/C27H22ClN3O4/c1-35-23-7-3-5-20(15-23)26(33)30(13-12-18-4-2-6-21(28)14-18)24-16-25(32)31(27(24)34)22-10-8-19(17-29)9-11-22/h2-11,14-15,24H,12-13,16H2,1H3. The normalized spacial score (nSPS) is 15.1. The van der Waals surface area contributed by atoms with Crippen molar-refractivity contribution in [2.45, 2.75) is 18.9 Å². The fraction of sp³-hybridized carbons (Fsp3) is 0.185. The molecule has 3 amide bonds. The first kappa shape index (κ1) is 24.0. The molecular weight excluding hydrogens is 466 g/mol. The number of anilines is 1. The van der Waals surface area contributed by atoms with Crippen molar-refractivity contribution in [1.29, 1.82) is 5.26 Å². The van der Waals surface area contributed by atoms with Crippen molar-refractivity contribution in [3.63, 3.8) is 0 Å². The Morgan fingerprint density at radius 1 is 1.11 bits per heavy atom. The zero-order valence-corrected chi connectivity index (χ0v) is 19.7. The first-order chi connectivity index (χ1) is 16.9. The van der Waals surface area contributed by atoms with Crippen molar-refractivity contribution in [1.82, 2.24) is 4.90 Å². The van der Waals surface area contributed by atoms with E-state index in [1.807, 2.05) is 18.2 Å². The SMILES string of the molecule is COc1cccc(C(=O)N(CCc2cccc(Cl)c2)C2CC(=O)N(c3ccc(C#N)cc3)C2=O)c1. The van der Waals surface area contributed by atoms with Crippen LogP contribution in [0.25, 0.3) is 0 Å². The molecule has 0 radical (unpaired) electrons. The van der Waals surface area contributed by atoms with Crippen molar-refractivity contribution >= 4 is 35.0 Å². The number of nitriles is 1. The third-order valence-corrected chi connectivity index (χ3v) is 6.10. The highest BCUT2D eigenvalue weighted by molar-refractivity contribution is 6.30. The Hall–Kier alpha value is -4.15. The molecule has 1 aliphatic rings. The molecule has 0 saturated carbocycles. The number of ether oxygens (including phenoxy) is 1. The fourth-order valence-corrected chi connectivity index (χ4v) is 4.29. The van der Waals surface area contributed by atoms with Crippen LogP contribution in [-0.2, 0) is 16.0 Å². The summed E-state index contributed by atoms with van der Waals surface area (Å²) in [7, 11) is 1.51. The van der Waals surface area contributed by atoms with Crippen LogP contribution in [0.15, 0.2) is 72.8 Å². The smallest absolute Gasteiger partial charge is 0.257 e. The van der Waals surface area contributed by atoms with Gasteiger partial charge in [-0.2, -0.15) is 5.26 Å². The topological polar surface area (TPSA) is 90.7 Å². The third kappa shape index (κ3) is 5.18.